The van der Waals surface area contributed by atoms with Gasteiger partial charge in [-0.25, -0.2) is 15.0 Å². The van der Waals surface area contributed by atoms with Crippen LogP contribution in [0.25, 0.3) is 0 Å². The average Bonchev–Trinajstić information content (AvgIpc) is 2.78. The van der Waals surface area contributed by atoms with E-state index < -0.39 is 0 Å². The monoisotopic (exact) mass is 249 g/mol. The summed E-state index contributed by atoms with van der Waals surface area (Å²) in [5.41, 5.74) is 6.68. The van der Waals surface area contributed by atoms with Gasteiger partial charge in [0, 0.05) is 30.1 Å². The zero-order chi connectivity index (χ0) is 12.3. The number of nitrogen functional groups attached to an aromatic ring is 1. The van der Waals surface area contributed by atoms with Crippen molar-refractivity contribution in [1.82, 2.24) is 15.0 Å². The lowest BCUT2D eigenvalue weighted by Gasteiger charge is -2.09. The van der Waals surface area contributed by atoms with Crippen LogP contribution >= 0.6 is 11.3 Å². The van der Waals surface area contributed by atoms with Crippen molar-refractivity contribution in [2.45, 2.75) is 20.3 Å². The predicted octanol–water partition coefficient (Wildman–Crippen LogP) is 1.79. The van der Waals surface area contributed by atoms with E-state index in [1.54, 1.807) is 11.3 Å². The topological polar surface area (TPSA) is 76.7 Å². The second-order valence-corrected chi connectivity index (χ2v) is 4.71. The first-order valence-electron chi connectivity index (χ1n) is 5.40. The first kappa shape index (κ1) is 11.8. The summed E-state index contributed by atoms with van der Waals surface area (Å²) in [6.45, 7) is 4.55. The molecule has 3 N–H and O–H groups in total. The molecule has 0 fully saturated rings. The van der Waals surface area contributed by atoms with Gasteiger partial charge in [0.05, 0.1) is 5.01 Å². The lowest BCUT2D eigenvalue weighted by Crippen LogP contribution is -2.10. The number of nitrogens with zero attached hydrogens (tertiary/aromatic N) is 3. The average molecular weight is 249 g/mol. The highest BCUT2D eigenvalue weighted by atomic mass is 32.1. The number of aromatic nitrogens is 3. The largest absolute Gasteiger partial charge is 0.383 e. The molecule has 90 valence electrons. The van der Waals surface area contributed by atoms with E-state index in [4.69, 9.17) is 5.73 Å². The van der Waals surface area contributed by atoms with Crippen LogP contribution in [0.5, 0.6) is 0 Å². The molecule has 2 rings (SSSR count). The molecule has 0 spiro atoms. The Morgan fingerprint density at radius 1 is 1.35 bits per heavy atom. The van der Waals surface area contributed by atoms with Crippen molar-refractivity contribution >= 4 is 23.0 Å². The van der Waals surface area contributed by atoms with Crippen LogP contribution in [0.3, 0.4) is 0 Å². The van der Waals surface area contributed by atoms with E-state index in [-0.39, 0.29) is 0 Å². The lowest BCUT2D eigenvalue weighted by molar-refractivity contribution is 0.963. The van der Waals surface area contributed by atoms with Crippen molar-refractivity contribution in [1.29, 1.82) is 0 Å². The standard InChI is InChI=1S/C11H15N5S/c1-7-10(12)15-8(2)16-11(7)14-4-3-9-13-5-6-17-9/h5-6H,3-4H2,1-2H3,(H3,12,14,15,16). The third kappa shape index (κ3) is 2.91. The van der Waals surface area contributed by atoms with Gasteiger partial charge in [-0.3, -0.25) is 0 Å². The van der Waals surface area contributed by atoms with Gasteiger partial charge >= 0.3 is 0 Å². The Hall–Kier alpha value is -1.69. The number of thiazole rings is 1. The van der Waals surface area contributed by atoms with E-state index in [2.05, 4.69) is 20.3 Å². The molecule has 17 heavy (non-hydrogen) atoms. The van der Waals surface area contributed by atoms with E-state index in [1.165, 1.54) is 0 Å². The zero-order valence-corrected chi connectivity index (χ0v) is 10.7. The molecule has 0 unspecified atom stereocenters. The number of nitrogens with one attached hydrogen (secondary N) is 1. The molecule has 0 atom stereocenters. The Morgan fingerprint density at radius 2 is 2.18 bits per heavy atom. The molecule has 0 saturated carbocycles. The summed E-state index contributed by atoms with van der Waals surface area (Å²) in [7, 11) is 0. The first-order valence-corrected chi connectivity index (χ1v) is 6.27. The molecule has 6 heteroatoms. The molecule has 2 aromatic rings. The minimum atomic E-state index is 0.536. The summed E-state index contributed by atoms with van der Waals surface area (Å²) in [4.78, 5) is 12.7. The van der Waals surface area contributed by atoms with Gasteiger partial charge in [-0.2, -0.15) is 0 Å². The van der Waals surface area contributed by atoms with E-state index in [1.807, 2.05) is 25.4 Å². The zero-order valence-electron chi connectivity index (χ0n) is 9.90. The van der Waals surface area contributed by atoms with Crippen molar-refractivity contribution in [2.75, 3.05) is 17.6 Å². The lowest BCUT2D eigenvalue weighted by atomic mass is 10.3. The van der Waals surface area contributed by atoms with Gasteiger partial charge in [-0.05, 0) is 13.8 Å². The van der Waals surface area contributed by atoms with Crippen LogP contribution in [-0.2, 0) is 6.42 Å². The summed E-state index contributed by atoms with van der Waals surface area (Å²) < 4.78 is 0. The highest BCUT2D eigenvalue weighted by Gasteiger charge is 2.06. The summed E-state index contributed by atoms with van der Waals surface area (Å²) >= 11 is 1.66. The maximum atomic E-state index is 5.79. The van der Waals surface area contributed by atoms with E-state index >= 15 is 0 Å². The number of aryl methyl sites for hydroxylation is 1. The van der Waals surface area contributed by atoms with Crippen molar-refractivity contribution in [3.05, 3.63) is 28.0 Å². The minimum absolute atomic E-state index is 0.536. The van der Waals surface area contributed by atoms with Gasteiger partial charge in [0.25, 0.3) is 0 Å². The maximum absolute atomic E-state index is 5.79. The molecule has 2 aromatic heterocycles. The molecule has 0 radical (unpaired) electrons. The van der Waals surface area contributed by atoms with Gasteiger partial charge in [0.1, 0.15) is 17.5 Å². The Bertz CT molecular complexity index is 495. The molecule has 5 nitrogen and oxygen atoms in total. The summed E-state index contributed by atoms with van der Waals surface area (Å²) in [6, 6.07) is 0. The minimum Gasteiger partial charge on any atom is -0.383 e. The van der Waals surface area contributed by atoms with E-state index in [0.717, 1.165) is 29.4 Å². The third-order valence-electron chi connectivity index (χ3n) is 2.41. The Labute approximate surface area is 104 Å². The number of rotatable bonds is 4. The molecule has 0 aliphatic heterocycles. The first-order chi connectivity index (χ1) is 8.16. The summed E-state index contributed by atoms with van der Waals surface area (Å²) in [5.74, 6) is 2.03. The summed E-state index contributed by atoms with van der Waals surface area (Å²) in [6.07, 6.45) is 2.71. The van der Waals surface area contributed by atoms with Crippen LogP contribution in [0.2, 0.25) is 0 Å². The number of hydrogen-bond acceptors (Lipinski definition) is 6. The SMILES string of the molecule is Cc1nc(N)c(C)c(NCCc2nccs2)n1. The predicted molar refractivity (Wildman–Crippen MR) is 70.2 cm³/mol. The van der Waals surface area contributed by atoms with Gasteiger partial charge in [0.15, 0.2) is 0 Å². The Balaban J connectivity index is 1.99. The fourth-order valence-electron chi connectivity index (χ4n) is 1.49. The van der Waals surface area contributed by atoms with Crippen LogP contribution in [0.15, 0.2) is 11.6 Å². The fraction of sp³-hybridized carbons (Fsp3) is 0.364. The molecule has 0 aliphatic rings. The molecule has 0 amide bonds. The quantitative estimate of drug-likeness (QED) is 0.863. The van der Waals surface area contributed by atoms with Crippen molar-refractivity contribution in [2.24, 2.45) is 0 Å². The third-order valence-corrected chi connectivity index (χ3v) is 3.25. The Morgan fingerprint density at radius 3 is 2.88 bits per heavy atom. The normalized spacial score (nSPS) is 10.5. The molecule has 2 heterocycles. The van der Waals surface area contributed by atoms with Crippen molar-refractivity contribution in [3.8, 4) is 0 Å². The van der Waals surface area contributed by atoms with Crippen LogP contribution in [0, 0.1) is 13.8 Å². The van der Waals surface area contributed by atoms with Crippen LogP contribution in [0.4, 0.5) is 11.6 Å². The van der Waals surface area contributed by atoms with E-state index in [9.17, 15) is 0 Å². The summed E-state index contributed by atoms with van der Waals surface area (Å²) in [5, 5.41) is 6.37. The molecule has 0 bridgehead atoms. The smallest absolute Gasteiger partial charge is 0.134 e. The molecular formula is C11H15N5S. The van der Waals surface area contributed by atoms with Crippen LogP contribution < -0.4 is 11.1 Å². The van der Waals surface area contributed by atoms with Gasteiger partial charge in [-0.15, -0.1) is 11.3 Å². The second kappa shape index (κ2) is 5.09. The van der Waals surface area contributed by atoms with Crippen LogP contribution in [0.1, 0.15) is 16.4 Å². The van der Waals surface area contributed by atoms with Gasteiger partial charge < -0.3 is 11.1 Å². The van der Waals surface area contributed by atoms with Gasteiger partial charge in [0.2, 0.25) is 0 Å². The molecule has 0 saturated heterocycles. The molecular weight excluding hydrogens is 234 g/mol. The van der Waals surface area contributed by atoms with Crippen LogP contribution in [-0.4, -0.2) is 21.5 Å². The maximum Gasteiger partial charge on any atom is 0.134 e. The van der Waals surface area contributed by atoms with E-state index in [0.29, 0.717) is 11.6 Å². The highest BCUT2D eigenvalue weighted by Crippen LogP contribution is 2.16. The number of anilines is 2. The number of nitrogens with two attached hydrogens (primary N) is 1. The molecule has 0 aliphatic carbocycles. The Kier molecular flexibility index (Phi) is 3.53. The van der Waals surface area contributed by atoms with Gasteiger partial charge in [-0.1, -0.05) is 0 Å². The van der Waals surface area contributed by atoms with Crippen molar-refractivity contribution < 1.29 is 0 Å². The van der Waals surface area contributed by atoms with Crippen molar-refractivity contribution in [3.63, 3.8) is 0 Å². The number of hydrogen-bond donors (Lipinski definition) is 2. The second-order valence-electron chi connectivity index (χ2n) is 3.73. The fourth-order valence-corrected chi connectivity index (χ4v) is 2.11. The molecule has 0 aromatic carbocycles. The highest BCUT2D eigenvalue weighted by molar-refractivity contribution is 7.09.